The van der Waals surface area contributed by atoms with E-state index >= 15 is 0 Å². The number of urea groups is 1. The summed E-state index contributed by atoms with van der Waals surface area (Å²) in [5, 5.41) is 3.50. The van der Waals surface area contributed by atoms with Crippen LogP contribution in [0.15, 0.2) is 48.5 Å². The average Bonchev–Trinajstić information content (AvgIpc) is 2.97. The zero-order valence-corrected chi connectivity index (χ0v) is 14.1. The van der Waals surface area contributed by atoms with Crippen molar-refractivity contribution in [3.8, 4) is 0 Å². The maximum Gasteiger partial charge on any atom is 0.323 e. The van der Waals surface area contributed by atoms with Crippen LogP contribution < -0.4 is 5.32 Å². The van der Waals surface area contributed by atoms with Gasteiger partial charge in [0.05, 0.1) is 10.2 Å². The van der Waals surface area contributed by atoms with Crippen molar-refractivity contribution in [2.45, 2.75) is 19.9 Å². The summed E-state index contributed by atoms with van der Waals surface area (Å²) in [6.07, 6.45) is 1.02. The van der Waals surface area contributed by atoms with Crippen molar-refractivity contribution in [3.05, 3.63) is 59.7 Å². The van der Waals surface area contributed by atoms with Crippen molar-refractivity contribution in [3.63, 3.8) is 0 Å². The summed E-state index contributed by atoms with van der Waals surface area (Å²) < 4.78 is 1.07. The maximum absolute atomic E-state index is 12.3. The Kier molecular flexibility index (Phi) is 4.57. The molecule has 1 aromatic heterocycles. The van der Waals surface area contributed by atoms with Crippen LogP contribution >= 0.6 is 11.3 Å². The Hall–Kier alpha value is -2.40. The third-order valence-corrected chi connectivity index (χ3v) is 4.66. The summed E-state index contributed by atoms with van der Waals surface area (Å²) in [5.41, 5.74) is 3.32. The van der Waals surface area contributed by atoms with Gasteiger partial charge in [-0.05, 0) is 29.7 Å². The van der Waals surface area contributed by atoms with Gasteiger partial charge in [0.15, 0.2) is 5.13 Å². The Morgan fingerprint density at radius 1 is 1.13 bits per heavy atom. The molecule has 0 unspecified atom stereocenters. The molecule has 118 valence electrons. The van der Waals surface area contributed by atoms with Crippen molar-refractivity contribution in [1.82, 2.24) is 9.88 Å². The molecular formula is C18H19N3OS. The molecule has 4 nitrogen and oxygen atoms in total. The van der Waals surface area contributed by atoms with Gasteiger partial charge in [-0.1, -0.05) is 54.7 Å². The minimum absolute atomic E-state index is 0.149. The van der Waals surface area contributed by atoms with E-state index in [4.69, 9.17) is 0 Å². The first kappa shape index (κ1) is 15.5. The van der Waals surface area contributed by atoms with E-state index in [9.17, 15) is 4.79 Å². The number of thiazole rings is 1. The molecule has 0 atom stereocenters. The molecule has 0 aliphatic rings. The molecule has 0 radical (unpaired) electrons. The van der Waals surface area contributed by atoms with Crippen LogP contribution in [0.2, 0.25) is 0 Å². The number of anilines is 1. The molecular weight excluding hydrogens is 306 g/mol. The van der Waals surface area contributed by atoms with Gasteiger partial charge in [-0.3, -0.25) is 5.32 Å². The third kappa shape index (κ3) is 3.68. The van der Waals surface area contributed by atoms with Gasteiger partial charge in [-0.2, -0.15) is 0 Å². The smallest absolute Gasteiger partial charge is 0.323 e. The van der Waals surface area contributed by atoms with E-state index in [-0.39, 0.29) is 6.03 Å². The largest absolute Gasteiger partial charge is 0.323 e. The van der Waals surface area contributed by atoms with Gasteiger partial charge < -0.3 is 4.90 Å². The number of benzene rings is 2. The molecule has 2 aromatic carbocycles. The van der Waals surface area contributed by atoms with E-state index in [1.165, 1.54) is 16.9 Å². The van der Waals surface area contributed by atoms with Gasteiger partial charge in [0.2, 0.25) is 0 Å². The monoisotopic (exact) mass is 325 g/mol. The highest BCUT2D eigenvalue weighted by Crippen LogP contribution is 2.25. The summed E-state index contributed by atoms with van der Waals surface area (Å²) in [7, 11) is 1.79. The Balaban J connectivity index is 1.64. The first-order chi connectivity index (χ1) is 11.2. The van der Waals surface area contributed by atoms with E-state index in [1.54, 1.807) is 11.9 Å². The quantitative estimate of drug-likeness (QED) is 0.766. The van der Waals surface area contributed by atoms with E-state index in [0.29, 0.717) is 11.7 Å². The van der Waals surface area contributed by atoms with Crippen LogP contribution in [0.4, 0.5) is 9.93 Å². The number of nitrogens with zero attached hydrogens (tertiary/aromatic N) is 2. The zero-order chi connectivity index (χ0) is 16.2. The Bertz CT molecular complexity index is 778. The summed E-state index contributed by atoms with van der Waals surface area (Å²) in [5.74, 6) is 0. The predicted octanol–water partition coefficient (Wildman–Crippen LogP) is 4.52. The number of nitrogens with one attached hydrogen (secondary N) is 1. The van der Waals surface area contributed by atoms with Crippen LogP contribution in [0.5, 0.6) is 0 Å². The summed E-state index contributed by atoms with van der Waals surface area (Å²) >= 11 is 1.48. The first-order valence-electron chi connectivity index (χ1n) is 7.61. The van der Waals surface area contributed by atoms with Gasteiger partial charge in [0, 0.05) is 13.6 Å². The maximum atomic E-state index is 12.3. The minimum atomic E-state index is -0.149. The van der Waals surface area contributed by atoms with Crippen LogP contribution in [0.1, 0.15) is 18.1 Å². The van der Waals surface area contributed by atoms with Crippen LogP contribution in [-0.2, 0) is 13.0 Å². The van der Waals surface area contributed by atoms with Gasteiger partial charge in [-0.25, -0.2) is 9.78 Å². The summed E-state index contributed by atoms with van der Waals surface area (Å²) in [4.78, 5) is 18.4. The highest BCUT2D eigenvalue weighted by Gasteiger charge is 2.12. The first-order valence-corrected chi connectivity index (χ1v) is 8.43. The molecule has 0 saturated carbocycles. The van der Waals surface area contributed by atoms with Crippen LogP contribution in [0.25, 0.3) is 10.2 Å². The number of carbonyl (C=O) groups is 1. The number of aryl methyl sites for hydroxylation is 1. The molecule has 3 aromatic rings. The molecule has 0 fully saturated rings. The molecule has 0 saturated heterocycles. The van der Waals surface area contributed by atoms with Gasteiger partial charge in [0.1, 0.15) is 0 Å². The summed E-state index contributed by atoms with van der Waals surface area (Å²) in [6, 6.07) is 16.1. The lowest BCUT2D eigenvalue weighted by Crippen LogP contribution is -2.30. The van der Waals surface area contributed by atoms with E-state index < -0.39 is 0 Å². The number of carbonyl (C=O) groups excluding carboxylic acids is 1. The van der Waals surface area contributed by atoms with Crippen molar-refractivity contribution >= 4 is 32.7 Å². The lowest BCUT2D eigenvalue weighted by atomic mass is 10.1. The number of amides is 2. The topological polar surface area (TPSA) is 45.2 Å². The lowest BCUT2D eigenvalue weighted by molar-refractivity contribution is 0.220. The predicted molar refractivity (Wildman–Crippen MR) is 95.9 cm³/mol. The number of fused-ring (bicyclic) bond motifs is 1. The summed E-state index contributed by atoms with van der Waals surface area (Å²) in [6.45, 7) is 2.70. The highest BCUT2D eigenvalue weighted by atomic mass is 32.1. The van der Waals surface area contributed by atoms with Gasteiger partial charge >= 0.3 is 6.03 Å². The zero-order valence-electron chi connectivity index (χ0n) is 13.2. The normalized spacial score (nSPS) is 10.7. The number of rotatable bonds is 4. The number of hydrogen-bond donors (Lipinski definition) is 1. The van der Waals surface area contributed by atoms with Crippen LogP contribution in [0.3, 0.4) is 0 Å². The molecule has 1 N–H and O–H groups in total. The number of hydrogen-bond acceptors (Lipinski definition) is 3. The Labute approximate surface area is 139 Å². The standard InChI is InChI=1S/C18H19N3OS/c1-3-13-8-10-14(11-9-13)12-21(2)18(22)20-17-19-15-6-4-5-7-16(15)23-17/h4-11H,3,12H2,1-2H3,(H,19,20,22). The van der Waals surface area contributed by atoms with Crippen molar-refractivity contribution in [1.29, 1.82) is 0 Å². The number of aromatic nitrogens is 1. The Morgan fingerprint density at radius 2 is 1.83 bits per heavy atom. The van der Waals surface area contributed by atoms with Crippen molar-refractivity contribution in [2.24, 2.45) is 0 Å². The molecule has 23 heavy (non-hydrogen) atoms. The fourth-order valence-electron chi connectivity index (χ4n) is 2.34. The molecule has 0 bridgehead atoms. The molecule has 0 spiro atoms. The fourth-order valence-corrected chi connectivity index (χ4v) is 3.19. The van der Waals surface area contributed by atoms with Crippen LogP contribution in [-0.4, -0.2) is 23.0 Å². The minimum Gasteiger partial charge on any atom is -0.323 e. The second kappa shape index (κ2) is 6.79. The molecule has 1 heterocycles. The molecule has 3 rings (SSSR count). The molecule has 0 aliphatic heterocycles. The lowest BCUT2D eigenvalue weighted by Gasteiger charge is -2.17. The average molecular weight is 325 g/mol. The van der Waals surface area contributed by atoms with Crippen LogP contribution in [0, 0.1) is 0 Å². The van der Waals surface area contributed by atoms with E-state index in [0.717, 1.165) is 22.2 Å². The number of para-hydroxylation sites is 1. The van der Waals surface area contributed by atoms with E-state index in [1.807, 2.05) is 24.3 Å². The molecule has 5 heteroatoms. The van der Waals surface area contributed by atoms with Gasteiger partial charge in [-0.15, -0.1) is 0 Å². The fraction of sp³-hybridized carbons (Fsp3) is 0.222. The van der Waals surface area contributed by atoms with Crippen molar-refractivity contribution in [2.75, 3.05) is 12.4 Å². The Morgan fingerprint density at radius 3 is 2.52 bits per heavy atom. The van der Waals surface area contributed by atoms with Gasteiger partial charge in [0.25, 0.3) is 0 Å². The molecule has 0 aliphatic carbocycles. The second-order valence-corrected chi connectivity index (χ2v) is 6.47. The van der Waals surface area contributed by atoms with Crippen molar-refractivity contribution < 1.29 is 4.79 Å². The van der Waals surface area contributed by atoms with E-state index in [2.05, 4.69) is 41.5 Å². The highest BCUT2D eigenvalue weighted by molar-refractivity contribution is 7.22. The second-order valence-electron chi connectivity index (χ2n) is 5.44. The third-order valence-electron chi connectivity index (χ3n) is 3.71. The SMILES string of the molecule is CCc1ccc(CN(C)C(=O)Nc2nc3ccccc3s2)cc1. The molecule has 2 amide bonds.